The number of halogens is 4. The summed E-state index contributed by atoms with van der Waals surface area (Å²) in [5.41, 5.74) is 3.22. The van der Waals surface area contributed by atoms with Crippen molar-refractivity contribution < 1.29 is 0 Å². The zero-order valence-electron chi connectivity index (χ0n) is 5.49. The predicted octanol–water partition coefficient (Wildman–Crippen LogP) is 3.64. The van der Waals surface area contributed by atoms with E-state index in [2.05, 4.69) is 31.9 Å². The average molecular weight is 388 g/mol. The molecule has 0 unspecified atom stereocenters. The molecule has 0 fully saturated rings. The van der Waals surface area contributed by atoms with E-state index in [1.807, 2.05) is 0 Å². The first-order chi connectivity index (χ1) is 5.28. The molecule has 0 aromatic carbocycles. The topological polar surface area (TPSA) is 0 Å². The Kier molecular flexibility index (Phi) is 9.29. The molecule has 0 saturated carbocycles. The van der Waals surface area contributed by atoms with Crippen LogP contribution in [0.2, 0.25) is 0 Å². The van der Waals surface area contributed by atoms with Gasteiger partial charge in [0.15, 0.2) is 0 Å². The van der Waals surface area contributed by atoms with Crippen LogP contribution in [0.5, 0.6) is 0 Å². The Morgan fingerprint density at radius 1 is 1.09 bits per heavy atom. The van der Waals surface area contributed by atoms with Gasteiger partial charge in [-0.2, -0.15) is 0 Å². The normalized spacial score (nSPS) is 13.8. The molecule has 11 heavy (non-hydrogen) atoms. The van der Waals surface area contributed by atoms with Crippen LogP contribution in [0, 0.1) is 0 Å². The van der Waals surface area contributed by atoms with Gasteiger partial charge in [-0.25, -0.2) is 0 Å². The molecule has 0 rings (SSSR count). The second-order valence-corrected chi connectivity index (χ2v) is 5.71. The molecule has 0 aliphatic heterocycles. The summed E-state index contributed by atoms with van der Waals surface area (Å²) in [6, 6.07) is 0. The van der Waals surface area contributed by atoms with Gasteiger partial charge in [-0.1, -0.05) is 0 Å². The molecule has 0 aliphatic rings. The van der Waals surface area contributed by atoms with E-state index in [-0.39, 0.29) is 15.0 Å². The van der Waals surface area contributed by atoms with Crippen molar-refractivity contribution >= 4 is 70.0 Å². The molecule has 0 heterocycles. The van der Waals surface area contributed by atoms with Crippen molar-refractivity contribution in [2.45, 2.75) is 0 Å². The third kappa shape index (κ3) is 5.73. The van der Waals surface area contributed by atoms with Gasteiger partial charge < -0.3 is 0 Å². The molecule has 0 saturated heterocycles. The fourth-order valence-corrected chi connectivity index (χ4v) is 3.95. The number of alkyl halides is 2. The van der Waals surface area contributed by atoms with Gasteiger partial charge in [0, 0.05) is 0 Å². The van der Waals surface area contributed by atoms with Gasteiger partial charge in [0.1, 0.15) is 0 Å². The number of allylic oxidation sites excluding steroid dienone is 2. The summed E-state index contributed by atoms with van der Waals surface area (Å²) < 4.78 is 2.37. The monoisotopic (exact) mass is 386 g/mol. The first-order valence-corrected chi connectivity index (χ1v) is 7.49. The first-order valence-electron chi connectivity index (χ1n) is 2.66. The van der Waals surface area contributed by atoms with Crippen LogP contribution in [0.3, 0.4) is 0 Å². The van der Waals surface area contributed by atoms with E-state index >= 15 is 0 Å². The molecule has 0 nitrogen and oxygen atoms in total. The summed E-state index contributed by atoms with van der Waals surface area (Å²) in [7, 11) is 0. The van der Waals surface area contributed by atoms with Gasteiger partial charge in [0.25, 0.3) is 0 Å². The maximum absolute atomic E-state index is 5.56. The Labute approximate surface area is 99.8 Å². The summed E-state index contributed by atoms with van der Waals surface area (Å²) in [5.74, 6) is 0. The molecule has 0 radical (unpaired) electrons. The second kappa shape index (κ2) is 8.15. The van der Waals surface area contributed by atoms with Gasteiger partial charge in [0.05, 0.1) is 0 Å². The Morgan fingerprint density at radius 3 is 1.64 bits per heavy atom. The van der Waals surface area contributed by atoms with Crippen molar-refractivity contribution in [2.75, 3.05) is 10.7 Å². The van der Waals surface area contributed by atoms with Crippen LogP contribution >= 0.6 is 55.1 Å². The molecule has 0 amide bonds. The van der Waals surface area contributed by atoms with Crippen LogP contribution in [-0.4, -0.2) is 25.6 Å². The standard InChI is InChI=1S/C6H6Br2Cl2Se/c7-1-5(3-9)11-6(2-8)4-10/h3-4H,1-2H2/b5-3+,6-4+. The van der Waals surface area contributed by atoms with Crippen LogP contribution in [0.1, 0.15) is 0 Å². The van der Waals surface area contributed by atoms with E-state index in [9.17, 15) is 0 Å². The minimum absolute atomic E-state index is 0.274. The summed E-state index contributed by atoms with van der Waals surface area (Å²) in [4.78, 5) is 0. The molecule has 0 atom stereocenters. The van der Waals surface area contributed by atoms with Gasteiger partial charge >= 0.3 is 101 Å². The van der Waals surface area contributed by atoms with Gasteiger partial charge in [-0.15, -0.1) is 0 Å². The summed E-state index contributed by atoms with van der Waals surface area (Å²) in [6.07, 6.45) is 0. The van der Waals surface area contributed by atoms with Crippen LogP contribution in [-0.2, 0) is 0 Å². The van der Waals surface area contributed by atoms with Crippen LogP contribution in [0.15, 0.2) is 20.0 Å². The van der Waals surface area contributed by atoms with Crippen molar-refractivity contribution in [3.8, 4) is 0 Å². The van der Waals surface area contributed by atoms with Crippen molar-refractivity contribution in [1.29, 1.82) is 0 Å². The third-order valence-electron chi connectivity index (χ3n) is 0.769. The molecule has 0 aromatic rings. The zero-order valence-corrected chi connectivity index (χ0v) is 11.9. The Morgan fingerprint density at radius 2 is 1.45 bits per heavy atom. The molecule has 5 heteroatoms. The van der Waals surface area contributed by atoms with Gasteiger partial charge in [-0.05, 0) is 0 Å². The molecule has 0 spiro atoms. The Balaban J connectivity index is 4.00. The number of rotatable bonds is 4. The number of hydrogen-bond acceptors (Lipinski definition) is 0. The van der Waals surface area contributed by atoms with E-state index in [0.717, 1.165) is 10.7 Å². The van der Waals surface area contributed by atoms with Crippen LogP contribution < -0.4 is 0 Å². The first kappa shape index (κ1) is 12.5. The number of hydrogen-bond donors (Lipinski definition) is 0. The molecular weight excluding hydrogens is 382 g/mol. The molecular formula is C6H6Br2Cl2Se. The van der Waals surface area contributed by atoms with E-state index in [0.29, 0.717) is 0 Å². The Bertz CT molecular complexity index is 150. The summed E-state index contributed by atoms with van der Waals surface area (Å²) in [5, 5.41) is 1.63. The quantitative estimate of drug-likeness (QED) is 0.510. The molecule has 0 N–H and O–H groups in total. The van der Waals surface area contributed by atoms with Crippen molar-refractivity contribution in [2.24, 2.45) is 0 Å². The van der Waals surface area contributed by atoms with Gasteiger partial charge in [-0.3, -0.25) is 0 Å². The van der Waals surface area contributed by atoms with Crippen LogP contribution in [0.25, 0.3) is 0 Å². The summed E-state index contributed by atoms with van der Waals surface area (Å²) >= 11 is 18.1. The summed E-state index contributed by atoms with van der Waals surface area (Å²) in [6.45, 7) is 0. The Hall–Kier alpha value is 1.54. The fraction of sp³-hybridized carbons (Fsp3) is 0.333. The molecule has 0 aliphatic carbocycles. The van der Waals surface area contributed by atoms with Gasteiger partial charge in [0.2, 0.25) is 0 Å². The molecule has 0 bridgehead atoms. The third-order valence-corrected chi connectivity index (χ3v) is 6.96. The minimum atomic E-state index is 0.274. The van der Waals surface area contributed by atoms with Crippen molar-refractivity contribution in [1.82, 2.24) is 0 Å². The van der Waals surface area contributed by atoms with Crippen molar-refractivity contribution in [3.63, 3.8) is 0 Å². The van der Waals surface area contributed by atoms with Crippen LogP contribution in [0.4, 0.5) is 0 Å². The van der Waals surface area contributed by atoms with E-state index < -0.39 is 0 Å². The predicted molar refractivity (Wildman–Crippen MR) is 61.2 cm³/mol. The average Bonchev–Trinajstić information content (AvgIpc) is 2.07. The zero-order chi connectivity index (χ0) is 8.69. The maximum atomic E-state index is 5.56. The molecule has 64 valence electrons. The van der Waals surface area contributed by atoms with Crippen molar-refractivity contribution in [3.05, 3.63) is 20.0 Å². The van der Waals surface area contributed by atoms with E-state index in [1.54, 1.807) is 11.1 Å². The fourth-order valence-electron chi connectivity index (χ4n) is 0.326. The van der Waals surface area contributed by atoms with E-state index in [1.165, 1.54) is 8.94 Å². The SMILES string of the molecule is Cl/C=C(\CBr)[Se]/C(=C/Cl)CBr. The second-order valence-electron chi connectivity index (χ2n) is 1.52. The van der Waals surface area contributed by atoms with E-state index in [4.69, 9.17) is 23.2 Å². The molecule has 0 aromatic heterocycles.